The summed E-state index contributed by atoms with van der Waals surface area (Å²) in [5.41, 5.74) is 0.0354. The molecule has 0 saturated carbocycles. The minimum Gasteiger partial charge on any atom is -0.396 e. The van der Waals surface area contributed by atoms with Crippen molar-refractivity contribution in [3.8, 4) is 0 Å². The molecule has 0 aromatic heterocycles. The second-order valence-corrected chi connectivity index (χ2v) is 6.28. The molecule has 2 N–H and O–H groups in total. The Morgan fingerprint density at radius 2 is 1.84 bits per heavy atom. The molecule has 2 atom stereocenters. The van der Waals surface area contributed by atoms with Crippen molar-refractivity contribution in [1.82, 2.24) is 4.72 Å². The van der Waals surface area contributed by atoms with Gasteiger partial charge in [-0.25, -0.2) is 21.9 Å². The van der Waals surface area contributed by atoms with Crippen LogP contribution in [0.5, 0.6) is 0 Å². The fourth-order valence-electron chi connectivity index (χ4n) is 1.42. The number of sulfonamides is 1. The summed E-state index contributed by atoms with van der Waals surface area (Å²) in [6.07, 6.45) is 0. The van der Waals surface area contributed by atoms with Crippen LogP contribution in [0.1, 0.15) is 19.4 Å². The quantitative estimate of drug-likeness (QED) is 0.866. The molecule has 2 unspecified atom stereocenters. The van der Waals surface area contributed by atoms with Crippen molar-refractivity contribution in [3.63, 3.8) is 0 Å². The normalized spacial score (nSPS) is 15.3. The van der Waals surface area contributed by atoms with Crippen molar-refractivity contribution in [2.45, 2.75) is 31.7 Å². The molecule has 1 aromatic carbocycles. The molecule has 1 aromatic rings. The van der Waals surface area contributed by atoms with Crippen molar-refractivity contribution >= 4 is 10.0 Å². The van der Waals surface area contributed by atoms with E-state index < -0.39 is 32.6 Å². The number of aliphatic hydroxyl groups is 1. The van der Waals surface area contributed by atoms with E-state index in [0.29, 0.717) is 6.07 Å². The second kappa shape index (κ2) is 5.94. The van der Waals surface area contributed by atoms with Crippen molar-refractivity contribution in [2.75, 3.05) is 6.61 Å². The average molecular weight is 293 g/mol. The van der Waals surface area contributed by atoms with Crippen LogP contribution in [-0.4, -0.2) is 26.2 Å². The number of hydrogen-bond donors (Lipinski definition) is 2. The van der Waals surface area contributed by atoms with Crippen LogP contribution in [0.3, 0.4) is 0 Å². The molecule has 0 aliphatic carbocycles. The van der Waals surface area contributed by atoms with E-state index in [1.165, 1.54) is 6.92 Å². The minimum atomic E-state index is -4.16. The highest BCUT2D eigenvalue weighted by Crippen LogP contribution is 2.19. The molecular formula is C12H17F2NO3S. The maximum absolute atomic E-state index is 13.6. The molecular weight excluding hydrogens is 276 g/mol. The third-order valence-electron chi connectivity index (χ3n) is 2.99. The number of nitrogens with one attached hydrogen (secondary N) is 1. The molecule has 4 nitrogen and oxygen atoms in total. The van der Waals surface area contributed by atoms with Crippen LogP contribution in [0.2, 0.25) is 0 Å². The summed E-state index contributed by atoms with van der Waals surface area (Å²) in [5, 5.41) is 8.94. The molecule has 0 bridgehead atoms. The smallest absolute Gasteiger partial charge is 0.243 e. The number of halogens is 2. The zero-order chi connectivity index (χ0) is 14.8. The third kappa shape index (κ3) is 3.71. The summed E-state index contributed by atoms with van der Waals surface area (Å²) in [5.74, 6) is -2.13. The summed E-state index contributed by atoms with van der Waals surface area (Å²) in [7, 11) is -4.16. The maximum atomic E-state index is 13.6. The first-order valence-corrected chi connectivity index (χ1v) is 7.26. The van der Waals surface area contributed by atoms with Gasteiger partial charge in [0.25, 0.3) is 0 Å². The van der Waals surface area contributed by atoms with Crippen molar-refractivity contribution in [3.05, 3.63) is 29.3 Å². The van der Waals surface area contributed by atoms with Crippen molar-refractivity contribution in [2.24, 2.45) is 5.92 Å². The van der Waals surface area contributed by atoms with Gasteiger partial charge in [-0.05, 0) is 37.5 Å². The average Bonchev–Trinajstić information content (AvgIpc) is 2.31. The van der Waals surface area contributed by atoms with E-state index in [1.807, 2.05) is 0 Å². The summed E-state index contributed by atoms with van der Waals surface area (Å²) in [4.78, 5) is -0.729. The summed E-state index contributed by atoms with van der Waals surface area (Å²) in [6.45, 7) is 4.31. The number of aliphatic hydroxyl groups excluding tert-OH is 1. The molecule has 0 aliphatic rings. The highest BCUT2D eigenvalue weighted by Gasteiger charge is 2.24. The van der Waals surface area contributed by atoms with E-state index >= 15 is 0 Å². The predicted molar refractivity (Wildman–Crippen MR) is 67.1 cm³/mol. The Kier molecular flexibility index (Phi) is 5.00. The van der Waals surface area contributed by atoms with Gasteiger partial charge in [0.15, 0.2) is 0 Å². The largest absolute Gasteiger partial charge is 0.396 e. The van der Waals surface area contributed by atoms with Gasteiger partial charge in [-0.1, -0.05) is 6.92 Å². The Bertz CT molecular complexity index is 560. The van der Waals surface area contributed by atoms with Gasteiger partial charge in [0.2, 0.25) is 10.0 Å². The Labute approximate surface area is 111 Å². The minimum absolute atomic E-state index is 0.0354. The Morgan fingerprint density at radius 1 is 1.26 bits per heavy atom. The molecule has 0 fully saturated rings. The van der Waals surface area contributed by atoms with E-state index in [0.717, 1.165) is 6.07 Å². The van der Waals surface area contributed by atoms with E-state index in [2.05, 4.69) is 4.72 Å². The first kappa shape index (κ1) is 16.0. The van der Waals surface area contributed by atoms with Crippen molar-refractivity contribution in [1.29, 1.82) is 0 Å². The maximum Gasteiger partial charge on any atom is 0.243 e. The monoisotopic (exact) mass is 293 g/mol. The summed E-state index contributed by atoms with van der Waals surface area (Å²) < 4.78 is 53.1. The standard InChI is InChI=1S/C12H17F2NO3S/c1-7-4-11(14)12(5-10(7)13)19(17,18)15-9(3)8(2)6-16/h4-5,8-9,15-16H,6H2,1-3H3. The van der Waals surface area contributed by atoms with Crippen molar-refractivity contribution < 1.29 is 22.3 Å². The van der Waals surface area contributed by atoms with Gasteiger partial charge in [0, 0.05) is 12.6 Å². The molecule has 0 heterocycles. The highest BCUT2D eigenvalue weighted by atomic mass is 32.2. The first-order chi connectivity index (χ1) is 8.69. The fourth-order valence-corrected chi connectivity index (χ4v) is 2.84. The molecule has 0 amide bonds. The van der Waals surface area contributed by atoms with Crippen LogP contribution in [-0.2, 0) is 10.0 Å². The topological polar surface area (TPSA) is 66.4 Å². The van der Waals surface area contributed by atoms with Crippen LogP contribution in [0, 0.1) is 24.5 Å². The molecule has 7 heteroatoms. The molecule has 0 radical (unpaired) electrons. The molecule has 19 heavy (non-hydrogen) atoms. The zero-order valence-electron chi connectivity index (χ0n) is 10.9. The van der Waals surface area contributed by atoms with Gasteiger partial charge in [0.1, 0.15) is 16.5 Å². The SMILES string of the molecule is Cc1cc(F)c(S(=O)(=O)NC(C)C(C)CO)cc1F. The van der Waals surface area contributed by atoms with E-state index in [-0.39, 0.29) is 18.1 Å². The van der Waals surface area contributed by atoms with Crippen LogP contribution in [0.25, 0.3) is 0 Å². The number of benzene rings is 1. The van der Waals surface area contributed by atoms with E-state index in [1.54, 1.807) is 13.8 Å². The third-order valence-corrected chi connectivity index (χ3v) is 4.56. The lowest BCUT2D eigenvalue weighted by Gasteiger charge is -2.19. The lowest BCUT2D eigenvalue weighted by molar-refractivity contribution is 0.216. The number of rotatable bonds is 5. The lowest BCUT2D eigenvalue weighted by atomic mass is 10.1. The summed E-state index contributed by atoms with van der Waals surface area (Å²) >= 11 is 0. The lowest BCUT2D eigenvalue weighted by Crippen LogP contribution is -2.38. The Morgan fingerprint density at radius 3 is 2.37 bits per heavy atom. The highest BCUT2D eigenvalue weighted by molar-refractivity contribution is 7.89. The Balaban J connectivity index is 3.11. The van der Waals surface area contributed by atoms with Gasteiger partial charge < -0.3 is 5.11 Å². The van der Waals surface area contributed by atoms with Gasteiger partial charge in [0.05, 0.1) is 0 Å². The zero-order valence-corrected chi connectivity index (χ0v) is 11.8. The fraction of sp³-hybridized carbons (Fsp3) is 0.500. The second-order valence-electron chi connectivity index (χ2n) is 4.60. The Hall–Kier alpha value is -1.05. The predicted octanol–water partition coefficient (Wildman–Crippen LogP) is 1.57. The first-order valence-electron chi connectivity index (χ1n) is 5.78. The van der Waals surface area contributed by atoms with Gasteiger partial charge in [-0.2, -0.15) is 0 Å². The molecule has 108 valence electrons. The van der Waals surface area contributed by atoms with E-state index in [4.69, 9.17) is 5.11 Å². The molecule has 0 saturated heterocycles. The van der Waals surface area contributed by atoms with E-state index in [9.17, 15) is 17.2 Å². The molecule has 0 aliphatic heterocycles. The van der Waals surface area contributed by atoms with Crippen LogP contribution < -0.4 is 4.72 Å². The number of aryl methyl sites for hydroxylation is 1. The van der Waals surface area contributed by atoms with Crippen LogP contribution >= 0.6 is 0 Å². The molecule has 0 spiro atoms. The van der Waals surface area contributed by atoms with Crippen LogP contribution in [0.4, 0.5) is 8.78 Å². The summed E-state index contributed by atoms with van der Waals surface area (Å²) in [6, 6.07) is 0.895. The van der Waals surface area contributed by atoms with Gasteiger partial charge in [-0.3, -0.25) is 0 Å². The van der Waals surface area contributed by atoms with Gasteiger partial charge in [-0.15, -0.1) is 0 Å². The molecule has 1 rings (SSSR count). The van der Waals surface area contributed by atoms with Gasteiger partial charge >= 0.3 is 0 Å². The number of hydrogen-bond acceptors (Lipinski definition) is 3. The van der Waals surface area contributed by atoms with Crippen LogP contribution in [0.15, 0.2) is 17.0 Å².